The van der Waals surface area contributed by atoms with Crippen LogP contribution in [0.1, 0.15) is 39.0 Å². The number of rotatable bonds is 5. The molecule has 112 valence electrons. The molecular weight excluding hydrogens is 276 g/mol. The van der Waals surface area contributed by atoms with Gasteiger partial charge in [0.25, 0.3) is 0 Å². The van der Waals surface area contributed by atoms with E-state index in [1.807, 2.05) is 0 Å². The average Bonchev–Trinajstić information content (AvgIpc) is 2.55. The lowest BCUT2D eigenvalue weighted by Crippen LogP contribution is -2.19. The molecule has 1 aliphatic heterocycles. The highest BCUT2D eigenvalue weighted by Gasteiger charge is 2.30. The summed E-state index contributed by atoms with van der Waals surface area (Å²) in [5, 5.41) is 2.77. The van der Waals surface area contributed by atoms with E-state index in [1.165, 1.54) is 52.9 Å². The second-order valence-corrected chi connectivity index (χ2v) is 7.99. The first kappa shape index (κ1) is 14.8. The molecule has 1 fully saturated rings. The fourth-order valence-corrected chi connectivity index (χ4v) is 5.62. The van der Waals surface area contributed by atoms with Crippen molar-refractivity contribution in [3.8, 4) is 5.75 Å². The smallest absolute Gasteiger partial charge is 0.204 e. The molecular formula is C19H25OS+. The summed E-state index contributed by atoms with van der Waals surface area (Å²) >= 11 is 0. The predicted molar refractivity (Wildman–Crippen MR) is 93.6 cm³/mol. The Morgan fingerprint density at radius 1 is 1.00 bits per heavy atom. The zero-order chi connectivity index (χ0) is 14.5. The Kier molecular flexibility index (Phi) is 5.08. The van der Waals surface area contributed by atoms with Gasteiger partial charge < -0.3 is 4.74 Å². The molecule has 0 radical (unpaired) electrons. The van der Waals surface area contributed by atoms with Crippen LogP contribution in [0.5, 0.6) is 5.75 Å². The highest BCUT2D eigenvalue weighted by Crippen LogP contribution is 2.36. The molecule has 0 spiro atoms. The van der Waals surface area contributed by atoms with Crippen LogP contribution in [0, 0.1) is 0 Å². The maximum atomic E-state index is 6.15. The minimum absolute atomic E-state index is 0.375. The number of hydrogen-bond acceptors (Lipinski definition) is 1. The minimum atomic E-state index is 0.375. The van der Waals surface area contributed by atoms with Gasteiger partial charge in [-0.1, -0.05) is 37.6 Å². The van der Waals surface area contributed by atoms with Crippen LogP contribution in [0.3, 0.4) is 0 Å². The number of hydrogen-bond donors (Lipinski definition) is 0. The Labute approximate surface area is 131 Å². The van der Waals surface area contributed by atoms with Crippen LogP contribution < -0.4 is 4.74 Å². The molecule has 1 saturated heterocycles. The van der Waals surface area contributed by atoms with Crippen molar-refractivity contribution in [1.82, 2.24) is 0 Å². The number of benzene rings is 2. The second-order valence-electron chi connectivity index (χ2n) is 5.78. The minimum Gasteiger partial charge on any atom is -0.488 e. The normalized spacial score (nSPS) is 16.2. The van der Waals surface area contributed by atoms with Gasteiger partial charge >= 0.3 is 0 Å². The van der Waals surface area contributed by atoms with Crippen LogP contribution in [0.25, 0.3) is 10.8 Å². The molecule has 0 unspecified atom stereocenters. The van der Waals surface area contributed by atoms with E-state index >= 15 is 0 Å². The van der Waals surface area contributed by atoms with E-state index in [-0.39, 0.29) is 0 Å². The molecule has 0 atom stereocenters. The van der Waals surface area contributed by atoms with Crippen LogP contribution in [-0.2, 0) is 10.9 Å². The Balaban J connectivity index is 1.99. The molecule has 0 aromatic heterocycles. The topological polar surface area (TPSA) is 9.23 Å². The summed E-state index contributed by atoms with van der Waals surface area (Å²) in [7, 11) is 0.375. The van der Waals surface area contributed by atoms with Crippen molar-refractivity contribution in [2.24, 2.45) is 0 Å². The van der Waals surface area contributed by atoms with Gasteiger partial charge in [-0.05, 0) is 43.2 Å². The predicted octanol–water partition coefficient (Wildman–Crippen LogP) is 5.18. The van der Waals surface area contributed by atoms with Gasteiger partial charge in [-0.25, -0.2) is 0 Å². The first-order valence-electron chi connectivity index (χ1n) is 8.22. The SMILES string of the molecule is CCCCOc1ccc2ccccc2c1[S+]1CCCCC1. The summed E-state index contributed by atoms with van der Waals surface area (Å²) < 4.78 is 6.15. The number of unbranched alkanes of at least 4 members (excludes halogenated alkanes) is 1. The fraction of sp³-hybridized carbons (Fsp3) is 0.474. The molecule has 21 heavy (non-hydrogen) atoms. The zero-order valence-electron chi connectivity index (χ0n) is 12.9. The van der Waals surface area contributed by atoms with E-state index < -0.39 is 0 Å². The van der Waals surface area contributed by atoms with Crippen molar-refractivity contribution >= 4 is 21.7 Å². The Morgan fingerprint density at radius 3 is 2.62 bits per heavy atom. The fourth-order valence-electron chi connectivity index (χ4n) is 3.00. The standard InChI is InChI=1S/C19H25OS/c1-2-3-13-20-18-12-11-16-9-5-6-10-17(16)19(18)21-14-7-4-8-15-21/h5-6,9-12H,2-4,7-8,13-15H2,1H3/q+1. The van der Waals surface area contributed by atoms with Crippen LogP contribution in [-0.4, -0.2) is 18.1 Å². The van der Waals surface area contributed by atoms with Crippen LogP contribution in [0.15, 0.2) is 41.3 Å². The lowest BCUT2D eigenvalue weighted by atomic mass is 10.1. The van der Waals surface area contributed by atoms with Gasteiger partial charge in [0.2, 0.25) is 4.90 Å². The largest absolute Gasteiger partial charge is 0.488 e. The third kappa shape index (κ3) is 3.37. The quantitative estimate of drug-likeness (QED) is 0.546. The van der Waals surface area contributed by atoms with Gasteiger partial charge in [0.15, 0.2) is 5.75 Å². The summed E-state index contributed by atoms with van der Waals surface area (Å²) in [6.07, 6.45) is 6.48. The summed E-state index contributed by atoms with van der Waals surface area (Å²) in [5.74, 6) is 3.84. The van der Waals surface area contributed by atoms with Crippen molar-refractivity contribution in [2.75, 3.05) is 18.1 Å². The monoisotopic (exact) mass is 301 g/mol. The molecule has 1 nitrogen and oxygen atoms in total. The summed E-state index contributed by atoms with van der Waals surface area (Å²) in [5.41, 5.74) is 0. The second kappa shape index (κ2) is 7.22. The van der Waals surface area contributed by atoms with Crippen molar-refractivity contribution in [3.63, 3.8) is 0 Å². The molecule has 0 amide bonds. The number of ether oxygens (including phenoxy) is 1. The van der Waals surface area contributed by atoms with E-state index in [0.717, 1.165) is 18.8 Å². The molecule has 0 saturated carbocycles. The van der Waals surface area contributed by atoms with Gasteiger partial charge in [-0.3, -0.25) is 0 Å². The van der Waals surface area contributed by atoms with E-state index in [4.69, 9.17) is 4.74 Å². The van der Waals surface area contributed by atoms with E-state index in [9.17, 15) is 0 Å². The van der Waals surface area contributed by atoms with Crippen LogP contribution in [0.4, 0.5) is 0 Å². The van der Waals surface area contributed by atoms with Gasteiger partial charge in [-0.15, -0.1) is 0 Å². The molecule has 0 N–H and O–H groups in total. The third-order valence-electron chi connectivity index (χ3n) is 4.17. The first-order valence-corrected chi connectivity index (χ1v) is 9.78. The van der Waals surface area contributed by atoms with Crippen molar-refractivity contribution in [2.45, 2.75) is 43.9 Å². The summed E-state index contributed by atoms with van der Waals surface area (Å²) in [6.45, 7) is 3.06. The Bertz CT molecular complexity index is 587. The van der Waals surface area contributed by atoms with E-state index in [1.54, 1.807) is 0 Å². The van der Waals surface area contributed by atoms with Gasteiger partial charge in [-0.2, -0.15) is 0 Å². The van der Waals surface area contributed by atoms with Crippen LogP contribution in [0.2, 0.25) is 0 Å². The summed E-state index contributed by atoms with van der Waals surface area (Å²) in [4.78, 5) is 1.50. The van der Waals surface area contributed by atoms with Gasteiger partial charge in [0, 0.05) is 16.3 Å². The summed E-state index contributed by atoms with van der Waals surface area (Å²) in [6, 6.07) is 13.2. The lowest BCUT2D eigenvalue weighted by Gasteiger charge is -2.18. The van der Waals surface area contributed by atoms with Crippen molar-refractivity contribution < 1.29 is 4.74 Å². The molecule has 1 aliphatic rings. The van der Waals surface area contributed by atoms with Crippen LogP contribution >= 0.6 is 0 Å². The zero-order valence-corrected chi connectivity index (χ0v) is 13.8. The highest BCUT2D eigenvalue weighted by atomic mass is 32.2. The van der Waals surface area contributed by atoms with Gasteiger partial charge in [0.05, 0.1) is 6.61 Å². The maximum Gasteiger partial charge on any atom is 0.204 e. The molecule has 2 aromatic rings. The van der Waals surface area contributed by atoms with Crippen molar-refractivity contribution in [3.05, 3.63) is 36.4 Å². The molecule has 0 aliphatic carbocycles. The molecule has 2 heteroatoms. The maximum absolute atomic E-state index is 6.15. The van der Waals surface area contributed by atoms with Crippen molar-refractivity contribution in [1.29, 1.82) is 0 Å². The van der Waals surface area contributed by atoms with E-state index in [0.29, 0.717) is 10.9 Å². The highest BCUT2D eigenvalue weighted by molar-refractivity contribution is 7.97. The molecule has 0 bridgehead atoms. The first-order chi connectivity index (χ1) is 10.4. The Hall–Kier alpha value is -1.15. The molecule has 1 heterocycles. The molecule has 3 rings (SSSR count). The molecule has 2 aromatic carbocycles. The lowest BCUT2D eigenvalue weighted by molar-refractivity contribution is 0.303. The van der Waals surface area contributed by atoms with Gasteiger partial charge in [0.1, 0.15) is 11.5 Å². The number of fused-ring (bicyclic) bond motifs is 1. The third-order valence-corrected chi connectivity index (χ3v) is 6.73. The Morgan fingerprint density at radius 2 is 1.81 bits per heavy atom. The average molecular weight is 301 g/mol. The van der Waals surface area contributed by atoms with E-state index in [2.05, 4.69) is 43.3 Å².